The van der Waals surface area contributed by atoms with Gasteiger partial charge in [-0.2, -0.15) is 5.26 Å². The average molecular weight is 388 g/mol. The Labute approximate surface area is 168 Å². The molecule has 4 amide bonds. The molecule has 29 heavy (non-hydrogen) atoms. The van der Waals surface area contributed by atoms with Crippen LogP contribution in [0.15, 0.2) is 48.5 Å². The Morgan fingerprint density at radius 1 is 1.21 bits per heavy atom. The smallest absolute Gasteiger partial charge is 0.319 e. The topological polar surface area (TPSA) is 93.5 Å². The van der Waals surface area contributed by atoms with Crippen LogP contribution in [0.2, 0.25) is 0 Å². The highest BCUT2D eigenvalue weighted by Gasteiger charge is 2.50. The van der Waals surface area contributed by atoms with Crippen LogP contribution in [-0.4, -0.2) is 35.3 Å². The van der Waals surface area contributed by atoms with Crippen molar-refractivity contribution in [1.82, 2.24) is 10.2 Å². The fraction of sp³-hybridized carbons (Fsp3) is 0.273. The maximum atomic E-state index is 13.1. The van der Waals surface area contributed by atoms with Crippen LogP contribution in [0.1, 0.15) is 30.5 Å². The van der Waals surface area contributed by atoms with E-state index in [1.807, 2.05) is 37.3 Å². The molecular formula is C22H20N4O3. The predicted octanol–water partition coefficient (Wildman–Crippen LogP) is 2.30. The van der Waals surface area contributed by atoms with Gasteiger partial charge in [0.2, 0.25) is 5.91 Å². The first-order valence-corrected chi connectivity index (χ1v) is 9.40. The van der Waals surface area contributed by atoms with Crippen molar-refractivity contribution in [2.24, 2.45) is 0 Å². The Balaban J connectivity index is 1.57. The predicted molar refractivity (Wildman–Crippen MR) is 106 cm³/mol. The molecule has 2 aliphatic rings. The number of hydrogen-bond acceptors (Lipinski definition) is 4. The van der Waals surface area contributed by atoms with E-state index in [1.165, 1.54) is 0 Å². The molecule has 7 nitrogen and oxygen atoms in total. The number of carbonyl (C=O) groups is 3. The van der Waals surface area contributed by atoms with Crippen molar-refractivity contribution in [1.29, 1.82) is 5.26 Å². The highest BCUT2D eigenvalue weighted by atomic mass is 16.2. The molecule has 1 N–H and O–H groups in total. The Morgan fingerprint density at radius 2 is 1.90 bits per heavy atom. The van der Waals surface area contributed by atoms with E-state index < -0.39 is 17.5 Å². The van der Waals surface area contributed by atoms with Crippen LogP contribution in [0.25, 0.3) is 0 Å². The molecule has 1 saturated heterocycles. The summed E-state index contributed by atoms with van der Waals surface area (Å²) in [5, 5.41) is 11.6. The Bertz CT molecular complexity index is 1060. The molecule has 2 aromatic rings. The zero-order valence-electron chi connectivity index (χ0n) is 16.2. The molecule has 0 bridgehead atoms. The number of rotatable bonds is 3. The zero-order valence-corrected chi connectivity index (χ0v) is 16.2. The van der Waals surface area contributed by atoms with Crippen LogP contribution in [0, 0.1) is 11.3 Å². The first kappa shape index (κ1) is 18.7. The van der Waals surface area contributed by atoms with Gasteiger partial charge in [-0.25, -0.2) is 4.79 Å². The molecular weight excluding hydrogens is 368 g/mol. The summed E-state index contributed by atoms with van der Waals surface area (Å²) in [6.07, 6.45) is 0.741. The minimum atomic E-state index is -1.28. The summed E-state index contributed by atoms with van der Waals surface area (Å²) in [5.74, 6) is -0.782. The third-order valence-corrected chi connectivity index (χ3v) is 5.64. The summed E-state index contributed by atoms with van der Waals surface area (Å²) in [5.41, 5.74) is 1.65. The van der Waals surface area contributed by atoms with Crippen molar-refractivity contribution in [3.63, 3.8) is 0 Å². The number of anilines is 1. The molecule has 0 spiro atoms. The monoisotopic (exact) mass is 388 g/mol. The SMILES string of the molecule is C[C@H]1Cc2ccccc2N1C(=O)CN1C(=O)N[C@@](C)(c2ccc(C#N)cc2)C1=O. The molecule has 2 heterocycles. The van der Waals surface area contributed by atoms with Gasteiger partial charge in [0.1, 0.15) is 12.1 Å². The van der Waals surface area contributed by atoms with Crippen molar-refractivity contribution < 1.29 is 14.4 Å². The van der Waals surface area contributed by atoms with Crippen LogP contribution < -0.4 is 10.2 Å². The van der Waals surface area contributed by atoms with Gasteiger partial charge in [-0.3, -0.25) is 14.5 Å². The summed E-state index contributed by atoms with van der Waals surface area (Å²) >= 11 is 0. The molecule has 0 unspecified atom stereocenters. The lowest BCUT2D eigenvalue weighted by Gasteiger charge is -2.25. The number of nitrogens with zero attached hydrogens (tertiary/aromatic N) is 3. The summed E-state index contributed by atoms with van der Waals surface area (Å²) in [7, 11) is 0. The highest BCUT2D eigenvalue weighted by molar-refractivity contribution is 6.10. The lowest BCUT2D eigenvalue weighted by atomic mass is 9.91. The number of urea groups is 1. The van der Waals surface area contributed by atoms with Gasteiger partial charge < -0.3 is 10.2 Å². The van der Waals surface area contributed by atoms with Gasteiger partial charge >= 0.3 is 6.03 Å². The molecule has 0 aliphatic carbocycles. The van der Waals surface area contributed by atoms with Gasteiger partial charge in [-0.1, -0.05) is 30.3 Å². The standard InChI is InChI=1S/C22H20N4O3/c1-14-11-16-5-3-4-6-18(16)26(14)19(27)13-25-20(28)22(2,24-21(25)29)17-9-7-15(12-23)8-10-17/h3-10,14H,11,13H2,1-2H3,(H,24,29)/t14-,22-/m0/s1. The summed E-state index contributed by atoms with van der Waals surface area (Å²) in [6.45, 7) is 3.23. The average Bonchev–Trinajstić information content (AvgIpc) is 3.16. The molecule has 2 aromatic carbocycles. The van der Waals surface area contributed by atoms with Crippen LogP contribution in [0.5, 0.6) is 0 Å². The summed E-state index contributed by atoms with van der Waals surface area (Å²) in [4.78, 5) is 41.3. The number of para-hydroxylation sites is 1. The summed E-state index contributed by atoms with van der Waals surface area (Å²) in [6, 6.07) is 15.5. The molecule has 0 radical (unpaired) electrons. The minimum absolute atomic E-state index is 0.0365. The van der Waals surface area contributed by atoms with Gasteiger partial charge in [0, 0.05) is 11.7 Å². The van der Waals surface area contributed by atoms with Gasteiger partial charge in [-0.05, 0) is 49.6 Å². The lowest BCUT2D eigenvalue weighted by molar-refractivity contribution is -0.134. The molecule has 2 atom stereocenters. The number of fused-ring (bicyclic) bond motifs is 1. The number of nitrogens with one attached hydrogen (secondary N) is 1. The van der Waals surface area contributed by atoms with Crippen molar-refractivity contribution in [2.75, 3.05) is 11.4 Å². The second-order valence-corrected chi connectivity index (χ2v) is 7.58. The molecule has 0 aromatic heterocycles. The second-order valence-electron chi connectivity index (χ2n) is 7.58. The fourth-order valence-electron chi connectivity index (χ4n) is 4.07. The third-order valence-electron chi connectivity index (χ3n) is 5.64. The summed E-state index contributed by atoms with van der Waals surface area (Å²) < 4.78 is 0. The van der Waals surface area contributed by atoms with Crippen molar-refractivity contribution >= 4 is 23.5 Å². The van der Waals surface area contributed by atoms with Crippen LogP contribution in [0.3, 0.4) is 0 Å². The van der Waals surface area contributed by atoms with Crippen LogP contribution >= 0.6 is 0 Å². The first-order chi connectivity index (χ1) is 13.8. The van der Waals surface area contributed by atoms with Gasteiger partial charge in [-0.15, -0.1) is 0 Å². The van der Waals surface area contributed by atoms with Crippen molar-refractivity contribution in [3.8, 4) is 6.07 Å². The number of hydrogen-bond donors (Lipinski definition) is 1. The second kappa shape index (κ2) is 6.74. The van der Waals surface area contributed by atoms with E-state index >= 15 is 0 Å². The van der Waals surface area contributed by atoms with E-state index in [9.17, 15) is 14.4 Å². The van der Waals surface area contributed by atoms with Gasteiger partial charge in [0.25, 0.3) is 5.91 Å². The molecule has 146 valence electrons. The van der Waals surface area contributed by atoms with Crippen molar-refractivity contribution in [2.45, 2.75) is 31.8 Å². The normalized spacial score (nSPS) is 23.0. The Kier molecular flexibility index (Phi) is 4.35. The number of amides is 4. The molecule has 7 heteroatoms. The maximum Gasteiger partial charge on any atom is 0.325 e. The van der Waals surface area contributed by atoms with E-state index in [1.54, 1.807) is 36.1 Å². The van der Waals surface area contributed by atoms with E-state index in [-0.39, 0.29) is 18.5 Å². The highest BCUT2D eigenvalue weighted by Crippen LogP contribution is 2.33. The van der Waals surface area contributed by atoms with Gasteiger partial charge in [0.05, 0.1) is 11.6 Å². The van der Waals surface area contributed by atoms with Crippen molar-refractivity contribution in [3.05, 3.63) is 65.2 Å². The molecule has 4 rings (SSSR count). The lowest BCUT2D eigenvalue weighted by Crippen LogP contribution is -2.46. The maximum absolute atomic E-state index is 13.1. The van der Waals surface area contributed by atoms with E-state index in [0.29, 0.717) is 11.1 Å². The first-order valence-electron chi connectivity index (χ1n) is 9.40. The number of carbonyl (C=O) groups excluding carboxylic acids is 3. The zero-order chi connectivity index (χ0) is 20.8. The molecule has 0 saturated carbocycles. The molecule has 1 fully saturated rings. The van der Waals surface area contributed by atoms with Crippen LogP contribution in [0.4, 0.5) is 10.5 Å². The van der Waals surface area contributed by atoms with E-state index in [2.05, 4.69) is 5.32 Å². The fourth-order valence-corrected chi connectivity index (χ4v) is 4.07. The van der Waals surface area contributed by atoms with Gasteiger partial charge in [0.15, 0.2) is 0 Å². The Hall–Kier alpha value is -3.66. The number of benzene rings is 2. The van der Waals surface area contributed by atoms with E-state index in [4.69, 9.17) is 5.26 Å². The largest absolute Gasteiger partial charge is 0.325 e. The number of imide groups is 1. The third kappa shape index (κ3) is 2.93. The van der Waals surface area contributed by atoms with E-state index in [0.717, 1.165) is 22.6 Å². The Morgan fingerprint density at radius 3 is 2.59 bits per heavy atom. The van der Waals surface area contributed by atoms with Crippen LogP contribution in [-0.2, 0) is 21.5 Å². The minimum Gasteiger partial charge on any atom is -0.319 e. The number of nitriles is 1. The quantitative estimate of drug-likeness (QED) is 0.817. The molecule has 2 aliphatic heterocycles.